The molecule has 1 unspecified atom stereocenters. The first-order chi connectivity index (χ1) is 10.2. The second-order valence-electron chi connectivity index (χ2n) is 5.13. The molecule has 5 atom stereocenters. The first kappa shape index (κ1) is 16.7. The van der Waals surface area contributed by atoms with E-state index in [9.17, 15) is 24.9 Å². The third-order valence-corrected chi connectivity index (χ3v) is 3.65. The second-order valence-corrected chi connectivity index (χ2v) is 5.32. The van der Waals surface area contributed by atoms with Crippen LogP contribution in [-0.4, -0.2) is 48.8 Å². The topological polar surface area (TPSA) is 125 Å². The zero-order valence-electron chi connectivity index (χ0n) is 11.8. The van der Waals surface area contributed by atoms with E-state index in [1.165, 1.54) is 13.8 Å². The van der Waals surface area contributed by atoms with Crippen LogP contribution in [0.2, 0.25) is 0 Å². The van der Waals surface area contributed by atoms with E-state index >= 15 is 0 Å². The van der Waals surface area contributed by atoms with Gasteiger partial charge in [-0.15, -0.1) is 0 Å². The minimum atomic E-state index is -2.23. The van der Waals surface area contributed by atoms with Crippen LogP contribution < -0.4 is 11.2 Å². The number of nitrogens with zero attached hydrogens (tertiary/aromatic N) is 1. The van der Waals surface area contributed by atoms with Crippen molar-refractivity contribution in [2.45, 2.75) is 44.0 Å². The van der Waals surface area contributed by atoms with E-state index in [4.69, 9.17) is 16.3 Å². The first-order valence-electron chi connectivity index (χ1n) is 6.41. The van der Waals surface area contributed by atoms with E-state index in [2.05, 4.69) is 5.92 Å². The molecule has 0 bridgehead atoms. The smallest absolute Gasteiger partial charge is 0.330 e. The maximum Gasteiger partial charge on any atom is 0.330 e. The first-order valence-corrected chi connectivity index (χ1v) is 6.79. The molecule has 1 saturated heterocycles. The van der Waals surface area contributed by atoms with Crippen LogP contribution in [-0.2, 0) is 4.74 Å². The van der Waals surface area contributed by atoms with Crippen molar-refractivity contribution in [1.29, 1.82) is 0 Å². The fraction of sp³-hybridized carbons (Fsp3) is 0.538. The summed E-state index contributed by atoms with van der Waals surface area (Å²) >= 11 is 5.33. The Morgan fingerprint density at radius 3 is 2.68 bits per heavy atom. The van der Waals surface area contributed by atoms with Gasteiger partial charge in [-0.25, -0.2) is 4.79 Å². The molecular formula is C13H15ClN2O6. The van der Waals surface area contributed by atoms with Gasteiger partial charge in [-0.3, -0.25) is 14.3 Å². The van der Waals surface area contributed by atoms with Gasteiger partial charge in [0, 0.05) is 17.1 Å². The number of rotatable bonds is 2. The normalized spacial score (nSPS) is 32.4. The molecule has 120 valence electrons. The zero-order valence-corrected chi connectivity index (χ0v) is 12.5. The van der Waals surface area contributed by atoms with Gasteiger partial charge in [-0.05, 0) is 31.4 Å². The molecule has 2 rings (SSSR count). The average molecular weight is 331 g/mol. The maximum absolute atomic E-state index is 12.0. The summed E-state index contributed by atoms with van der Waals surface area (Å²) in [5, 5.41) is 32.4. The molecule has 1 aromatic heterocycles. The molecule has 22 heavy (non-hydrogen) atoms. The lowest BCUT2D eigenvalue weighted by Gasteiger charge is -2.27. The Bertz CT molecular complexity index is 745. The van der Waals surface area contributed by atoms with Gasteiger partial charge in [-0.2, -0.15) is 0 Å². The summed E-state index contributed by atoms with van der Waals surface area (Å²) in [6, 6.07) is 1.13. The van der Waals surface area contributed by atoms with Crippen LogP contribution in [0.4, 0.5) is 0 Å². The number of ether oxygens (including phenoxy) is 1. The number of aliphatic hydroxyl groups excluding tert-OH is 2. The number of hydrogen-bond donors (Lipinski definition) is 4. The predicted molar refractivity (Wildman–Crippen MR) is 76.2 cm³/mol. The molecule has 0 spiro atoms. The molecule has 0 aromatic carbocycles. The van der Waals surface area contributed by atoms with Gasteiger partial charge in [0.1, 0.15) is 12.2 Å². The Kier molecular flexibility index (Phi) is 4.47. The fourth-order valence-electron chi connectivity index (χ4n) is 2.48. The lowest BCUT2D eigenvalue weighted by molar-refractivity contribution is -0.0892. The number of aliphatic hydroxyl groups is 3. The van der Waals surface area contributed by atoms with Crippen molar-refractivity contribution < 1.29 is 20.1 Å². The zero-order chi connectivity index (χ0) is 16.7. The van der Waals surface area contributed by atoms with Crippen LogP contribution >= 0.6 is 11.6 Å². The number of H-pyrrole nitrogens is 1. The van der Waals surface area contributed by atoms with E-state index in [-0.39, 0.29) is 5.69 Å². The standard InChI is InChI=1S/C13H15ClN2O6/c1-6-5-8(18)15-12(20)16(6)11-13(21,3-4-14)10(19)9(22-11)7(2)17/h5,7,9-11,17,19,21H,1-2H3,(H,15,18,20)/t7-,9+,10-,11+,13?/m0/s1. The number of halogens is 1. The maximum atomic E-state index is 12.0. The summed E-state index contributed by atoms with van der Waals surface area (Å²) in [5.41, 5.74) is -3.50. The molecule has 0 radical (unpaired) electrons. The van der Waals surface area contributed by atoms with Crippen LogP contribution in [0.1, 0.15) is 18.8 Å². The van der Waals surface area contributed by atoms with Gasteiger partial charge >= 0.3 is 5.69 Å². The van der Waals surface area contributed by atoms with Crippen molar-refractivity contribution >= 4 is 11.6 Å². The van der Waals surface area contributed by atoms with Gasteiger partial charge in [-0.1, -0.05) is 0 Å². The van der Waals surface area contributed by atoms with Crippen molar-refractivity contribution in [3.05, 3.63) is 32.6 Å². The van der Waals surface area contributed by atoms with Crippen molar-refractivity contribution in [3.8, 4) is 11.3 Å². The molecule has 1 aliphatic heterocycles. The highest BCUT2D eigenvalue weighted by Gasteiger charge is 2.57. The Labute approximate surface area is 129 Å². The Morgan fingerprint density at radius 2 is 2.18 bits per heavy atom. The summed E-state index contributed by atoms with van der Waals surface area (Å²) in [5.74, 6) is 2.21. The van der Waals surface area contributed by atoms with Gasteiger partial charge in [0.15, 0.2) is 6.23 Å². The lowest BCUT2D eigenvalue weighted by atomic mass is 9.93. The molecule has 1 fully saturated rings. The quantitative estimate of drug-likeness (QED) is 0.485. The van der Waals surface area contributed by atoms with Gasteiger partial charge in [0.05, 0.1) is 6.10 Å². The predicted octanol–water partition coefficient (Wildman–Crippen LogP) is -1.59. The van der Waals surface area contributed by atoms with Crippen molar-refractivity contribution in [2.24, 2.45) is 0 Å². The number of hydrogen-bond acceptors (Lipinski definition) is 6. The Hall–Kier alpha value is -1.63. The van der Waals surface area contributed by atoms with Crippen molar-refractivity contribution in [3.63, 3.8) is 0 Å². The number of aromatic nitrogens is 2. The highest BCUT2D eigenvalue weighted by Crippen LogP contribution is 2.39. The minimum Gasteiger partial charge on any atom is -0.391 e. The number of aryl methyl sites for hydroxylation is 1. The third-order valence-electron chi connectivity index (χ3n) is 3.55. The summed E-state index contributed by atoms with van der Waals surface area (Å²) in [4.78, 5) is 25.3. The molecule has 9 heteroatoms. The number of aromatic amines is 1. The highest BCUT2D eigenvalue weighted by atomic mass is 35.5. The third kappa shape index (κ3) is 2.58. The molecule has 4 N–H and O–H groups in total. The van der Waals surface area contributed by atoms with Crippen LogP contribution in [0.15, 0.2) is 15.7 Å². The summed E-state index contributed by atoms with van der Waals surface area (Å²) in [6.07, 6.45) is -5.38. The van der Waals surface area contributed by atoms with Gasteiger partial charge in [0.25, 0.3) is 5.56 Å². The van der Waals surface area contributed by atoms with Crippen molar-refractivity contribution in [2.75, 3.05) is 0 Å². The van der Waals surface area contributed by atoms with E-state index in [1.807, 2.05) is 10.4 Å². The average Bonchev–Trinajstić information content (AvgIpc) is 2.63. The van der Waals surface area contributed by atoms with Crippen LogP contribution in [0, 0.1) is 18.2 Å². The Morgan fingerprint density at radius 1 is 1.55 bits per heavy atom. The van der Waals surface area contributed by atoms with Crippen LogP contribution in [0.3, 0.4) is 0 Å². The van der Waals surface area contributed by atoms with E-state index < -0.39 is 41.4 Å². The molecule has 0 aliphatic carbocycles. The lowest BCUT2D eigenvalue weighted by Crippen LogP contribution is -2.49. The monoisotopic (exact) mass is 330 g/mol. The fourth-order valence-corrected chi connectivity index (χ4v) is 2.63. The molecule has 2 heterocycles. The molecular weight excluding hydrogens is 316 g/mol. The Balaban J connectivity index is 2.64. The molecule has 8 nitrogen and oxygen atoms in total. The molecule has 0 amide bonds. The van der Waals surface area contributed by atoms with Crippen molar-refractivity contribution in [1.82, 2.24) is 9.55 Å². The largest absolute Gasteiger partial charge is 0.391 e. The van der Waals surface area contributed by atoms with Crippen LogP contribution in [0.5, 0.6) is 0 Å². The molecule has 1 aliphatic rings. The minimum absolute atomic E-state index is 0.187. The molecule has 1 aromatic rings. The molecule has 0 saturated carbocycles. The van der Waals surface area contributed by atoms with Gasteiger partial charge in [0.2, 0.25) is 5.60 Å². The SMILES string of the molecule is Cc1cc(=O)[nH]c(=O)n1[C@@H]1O[C@H]([C@H](C)O)[C@H](O)C1(O)C#CCl. The summed E-state index contributed by atoms with van der Waals surface area (Å²) < 4.78 is 6.36. The van der Waals surface area contributed by atoms with E-state index in [1.54, 1.807) is 0 Å². The van der Waals surface area contributed by atoms with E-state index in [0.717, 1.165) is 10.6 Å². The summed E-state index contributed by atoms with van der Waals surface area (Å²) in [6.45, 7) is 2.81. The van der Waals surface area contributed by atoms with Crippen LogP contribution in [0.25, 0.3) is 0 Å². The number of nitrogens with one attached hydrogen (secondary N) is 1. The highest BCUT2D eigenvalue weighted by molar-refractivity contribution is 6.30. The summed E-state index contributed by atoms with van der Waals surface area (Å²) in [7, 11) is 0. The van der Waals surface area contributed by atoms with Gasteiger partial charge < -0.3 is 20.1 Å². The second kappa shape index (κ2) is 5.87. The van der Waals surface area contributed by atoms with E-state index in [0.29, 0.717) is 0 Å².